The van der Waals surface area contributed by atoms with Crippen LogP contribution in [0.1, 0.15) is 50.2 Å². The standard InChI is InChI=1S/C21H37N5OS/c1-4-20-24-18(16-28-20)15-25-10-6-17(7-11-25)14-23-21(22-3)26-12-8-19(9-13-26)27-5-2/h16-17,19H,4-15H2,1-3H3,(H,22,23). The van der Waals surface area contributed by atoms with Crippen molar-refractivity contribution in [2.45, 2.75) is 58.6 Å². The predicted molar refractivity (Wildman–Crippen MR) is 117 cm³/mol. The molecule has 1 aromatic heterocycles. The van der Waals surface area contributed by atoms with Crippen LogP contribution in [0, 0.1) is 5.92 Å². The summed E-state index contributed by atoms with van der Waals surface area (Å²) in [6, 6.07) is 0. The van der Waals surface area contributed by atoms with E-state index >= 15 is 0 Å². The number of ether oxygens (including phenoxy) is 1. The van der Waals surface area contributed by atoms with Gasteiger partial charge < -0.3 is 15.0 Å². The van der Waals surface area contributed by atoms with Crippen LogP contribution in [-0.2, 0) is 17.7 Å². The van der Waals surface area contributed by atoms with E-state index in [9.17, 15) is 0 Å². The van der Waals surface area contributed by atoms with E-state index in [0.29, 0.717) is 6.10 Å². The molecule has 0 bridgehead atoms. The summed E-state index contributed by atoms with van der Waals surface area (Å²) in [7, 11) is 1.90. The van der Waals surface area contributed by atoms with Gasteiger partial charge in [0.05, 0.1) is 16.8 Å². The Labute approximate surface area is 174 Å². The first kappa shape index (κ1) is 21.5. The summed E-state index contributed by atoms with van der Waals surface area (Å²) < 4.78 is 5.76. The number of aliphatic imine (C=N–C) groups is 1. The van der Waals surface area contributed by atoms with E-state index in [0.717, 1.165) is 63.9 Å². The fourth-order valence-corrected chi connectivity index (χ4v) is 4.94. The van der Waals surface area contributed by atoms with Crippen molar-refractivity contribution in [1.82, 2.24) is 20.1 Å². The molecule has 0 amide bonds. The molecule has 3 heterocycles. The van der Waals surface area contributed by atoms with Crippen LogP contribution in [0.5, 0.6) is 0 Å². The number of aromatic nitrogens is 1. The zero-order chi connectivity index (χ0) is 19.8. The molecule has 7 heteroatoms. The maximum absolute atomic E-state index is 5.76. The van der Waals surface area contributed by atoms with Gasteiger partial charge >= 0.3 is 0 Å². The highest BCUT2D eigenvalue weighted by Gasteiger charge is 2.24. The minimum atomic E-state index is 0.426. The Bertz CT molecular complexity index is 604. The van der Waals surface area contributed by atoms with E-state index < -0.39 is 0 Å². The second-order valence-electron chi connectivity index (χ2n) is 7.88. The number of likely N-dealkylation sites (tertiary alicyclic amines) is 2. The highest BCUT2D eigenvalue weighted by atomic mass is 32.1. The van der Waals surface area contributed by atoms with Gasteiger partial charge in [0.15, 0.2) is 5.96 Å². The van der Waals surface area contributed by atoms with Crippen LogP contribution < -0.4 is 5.32 Å². The molecule has 0 radical (unpaired) electrons. The van der Waals surface area contributed by atoms with Gasteiger partial charge in [0.2, 0.25) is 0 Å². The van der Waals surface area contributed by atoms with Gasteiger partial charge in [0, 0.05) is 45.2 Å². The van der Waals surface area contributed by atoms with Crippen LogP contribution in [0.25, 0.3) is 0 Å². The van der Waals surface area contributed by atoms with Gasteiger partial charge in [-0.25, -0.2) is 4.98 Å². The SMILES string of the molecule is CCOC1CCN(C(=NC)NCC2CCN(Cc3csc(CC)n3)CC2)CC1. The normalized spacial score (nSPS) is 20.7. The van der Waals surface area contributed by atoms with Crippen molar-refractivity contribution in [1.29, 1.82) is 0 Å². The van der Waals surface area contributed by atoms with Crippen LogP contribution in [0.15, 0.2) is 10.4 Å². The van der Waals surface area contributed by atoms with Crippen molar-refractivity contribution in [3.63, 3.8) is 0 Å². The first-order valence-electron chi connectivity index (χ1n) is 10.9. The molecule has 0 aliphatic carbocycles. The van der Waals surface area contributed by atoms with Gasteiger partial charge in [-0.05, 0) is 58.0 Å². The Kier molecular flexibility index (Phi) is 8.55. The van der Waals surface area contributed by atoms with Crippen molar-refractivity contribution in [3.8, 4) is 0 Å². The quantitative estimate of drug-likeness (QED) is 0.556. The Morgan fingerprint density at radius 2 is 1.96 bits per heavy atom. The second kappa shape index (κ2) is 11.1. The lowest BCUT2D eigenvalue weighted by atomic mass is 9.96. The maximum Gasteiger partial charge on any atom is 0.193 e. The monoisotopic (exact) mass is 407 g/mol. The lowest BCUT2D eigenvalue weighted by molar-refractivity contribution is 0.0263. The lowest BCUT2D eigenvalue weighted by Gasteiger charge is -2.35. The predicted octanol–water partition coefficient (Wildman–Crippen LogP) is 2.99. The summed E-state index contributed by atoms with van der Waals surface area (Å²) in [5.74, 6) is 1.79. The molecule has 28 heavy (non-hydrogen) atoms. The van der Waals surface area contributed by atoms with Crippen LogP contribution in [0.2, 0.25) is 0 Å². The average Bonchev–Trinajstić information content (AvgIpc) is 3.18. The molecule has 0 spiro atoms. The van der Waals surface area contributed by atoms with Gasteiger partial charge in [0.25, 0.3) is 0 Å². The van der Waals surface area contributed by atoms with Crippen LogP contribution in [-0.4, -0.2) is 73.2 Å². The molecule has 1 aromatic rings. The molecule has 2 saturated heterocycles. The Morgan fingerprint density at radius 1 is 1.21 bits per heavy atom. The number of nitrogens with zero attached hydrogens (tertiary/aromatic N) is 4. The third kappa shape index (κ3) is 6.16. The number of guanidine groups is 1. The van der Waals surface area contributed by atoms with Crippen molar-refractivity contribution in [2.24, 2.45) is 10.9 Å². The minimum Gasteiger partial charge on any atom is -0.378 e. The van der Waals surface area contributed by atoms with Crippen LogP contribution >= 0.6 is 11.3 Å². The van der Waals surface area contributed by atoms with Gasteiger partial charge in [-0.3, -0.25) is 9.89 Å². The zero-order valence-corrected chi connectivity index (χ0v) is 18.6. The molecule has 6 nitrogen and oxygen atoms in total. The number of thiazole rings is 1. The lowest BCUT2D eigenvalue weighted by Crippen LogP contribution is -2.48. The molecule has 0 atom stereocenters. The molecule has 1 N–H and O–H groups in total. The van der Waals surface area contributed by atoms with E-state index in [1.165, 1.54) is 36.6 Å². The molecule has 2 aliphatic rings. The first-order chi connectivity index (χ1) is 13.7. The smallest absolute Gasteiger partial charge is 0.193 e. The third-order valence-corrected chi connectivity index (χ3v) is 6.94. The highest BCUT2D eigenvalue weighted by molar-refractivity contribution is 7.09. The maximum atomic E-state index is 5.76. The molecule has 158 valence electrons. The summed E-state index contributed by atoms with van der Waals surface area (Å²) in [6.45, 7) is 11.5. The molecular weight excluding hydrogens is 370 g/mol. The molecule has 3 rings (SSSR count). The van der Waals surface area contributed by atoms with Crippen LogP contribution in [0.3, 0.4) is 0 Å². The topological polar surface area (TPSA) is 53.0 Å². The fourth-order valence-electron chi connectivity index (χ4n) is 4.20. The van der Waals surface area contributed by atoms with E-state index in [4.69, 9.17) is 9.72 Å². The molecular formula is C21H37N5OS. The number of aryl methyl sites for hydroxylation is 1. The van der Waals surface area contributed by atoms with Gasteiger partial charge in [-0.15, -0.1) is 11.3 Å². The van der Waals surface area contributed by atoms with E-state index in [1.807, 2.05) is 7.05 Å². The fraction of sp³-hybridized carbons (Fsp3) is 0.810. The Hall–Kier alpha value is -1.18. The minimum absolute atomic E-state index is 0.426. The van der Waals surface area contributed by atoms with Gasteiger partial charge in [-0.2, -0.15) is 0 Å². The summed E-state index contributed by atoms with van der Waals surface area (Å²) >= 11 is 1.80. The van der Waals surface area contributed by atoms with Gasteiger partial charge in [-0.1, -0.05) is 6.92 Å². The molecule has 0 aromatic carbocycles. The molecule has 2 aliphatic heterocycles. The average molecular weight is 408 g/mol. The summed E-state index contributed by atoms with van der Waals surface area (Å²) in [5, 5.41) is 7.12. The second-order valence-corrected chi connectivity index (χ2v) is 8.82. The number of nitrogens with one attached hydrogen (secondary N) is 1. The van der Waals surface area contributed by atoms with Crippen molar-refractivity contribution >= 4 is 17.3 Å². The number of hydrogen-bond donors (Lipinski definition) is 1. The number of hydrogen-bond acceptors (Lipinski definition) is 5. The van der Waals surface area contributed by atoms with Gasteiger partial charge in [0.1, 0.15) is 0 Å². The number of piperidine rings is 2. The van der Waals surface area contributed by atoms with E-state index in [2.05, 4.69) is 39.3 Å². The molecule has 0 saturated carbocycles. The Morgan fingerprint density at radius 3 is 2.57 bits per heavy atom. The highest BCUT2D eigenvalue weighted by Crippen LogP contribution is 2.20. The largest absolute Gasteiger partial charge is 0.378 e. The summed E-state index contributed by atoms with van der Waals surface area (Å²) in [4.78, 5) is 14.2. The molecule has 2 fully saturated rings. The Balaban J connectivity index is 1.36. The first-order valence-corrected chi connectivity index (χ1v) is 11.8. The van der Waals surface area contributed by atoms with Crippen molar-refractivity contribution < 1.29 is 4.74 Å². The zero-order valence-electron chi connectivity index (χ0n) is 17.8. The summed E-state index contributed by atoms with van der Waals surface area (Å²) in [5.41, 5.74) is 1.24. The number of rotatable bonds is 7. The molecule has 0 unspecified atom stereocenters. The van der Waals surface area contributed by atoms with E-state index in [1.54, 1.807) is 11.3 Å². The third-order valence-electron chi connectivity index (χ3n) is 5.90. The van der Waals surface area contributed by atoms with Crippen molar-refractivity contribution in [3.05, 3.63) is 16.1 Å². The van der Waals surface area contributed by atoms with Crippen LogP contribution in [0.4, 0.5) is 0 Å². The summed E-state index contributed by atoms with van der Waals surface area (Å²) in [6.07, 6.45) is 6.17. The van der Waals surface area contributed by atoms with E-state index in [-0.39, 0.29) is 0 Å². The van der Waals surface area contributed by atoms with Crippen molar-refractivity contribution in [2.75, 3.05) is 46.4 Å².